The fourth-order valence-electron chi connectivity index (χ4n) is 3.10. The van der Waals surface area contributed by atoms with Crippen molar-refractivity contribution in [3.8, 4) is 5.75 Å². The summed E-state index contributed by atoms with van der Waals surface area (Å²) in [5.74, 6) is 0.697. The van der Waals surface area contributed by atoms with Crippen molar-refractivity contribution in [3.05, 3.63) is 58.3 Å². The van der Waals surface area contributed by atoms with Crippen molar-refractivity contribution in [2.24, 2.45) is 7.05 Å². The maximum Gasteiger partial charge on any atom is 0.252 e. The Morgan fingerprint density at radius 3 is 2.68 bits per heavy atom. The topological polar surface area (TPSA) is 73.2 Å². The lowest BCUT2D eigenvalue weighted by Gasteiger charge is -2.29. The first-order chi connectivity index (χ1) is 12.0. The third-order valence-electron chi connectivity index (χ3n) is 4.61. The molecule has 2 aromatic rings. The van der Waals surface area contributed by atoms with Crippen LogP contribution < -0.4 is 15.6 Å². The van der Waals surface area contributed by atoms with Crippen LogP contribution in [0.25, 0.3) is 0 Å². The number of amides is 1. The van der Waals surface area contributed by atoms with Gasteiger partial charge in [0.15, 0.2) is 0 Å². The molecule has 0 unspecified atom stereocenters. The predicted octanol–water partition coefficient (Wildman–Crippen LogP) is 2.21. The van der Waals surface area contributed by atoms with Gasteiger partial charge in [-0.15, -0.1) is 0 Å². The lowest BCUT2D eigenvalue weighted by molar-refractivity contribution is 0.0892. The van der Waals surface area contributed by atoms with Crippen molar-refractivity contribution >= 4 is 5.91 Å². The van der Waals surface area contributed by atoms with E-state index >= 15 is 0 Å². The highest BCUT2D eigenvalue weighted by Crippen LogP contribution is 2.25. The number of hydrogen-bond acceptors (Lipinski definition) is 4. The second kappa shape index (κ2) is 7.51. The van der Waals surface area contributed by atoms with Gasteiger partial charge in [0.05, 0.1) is 17.4 Å². The van der Waals surface area contributed by atoms with Crippen LogP contribution in [-0.2, 0) is 7.05 Å². The number of rotatable bonds is 4. The number of nitrogens with zero attached hydrogens (tertiary/aromatic N) is 2. The summed E-state index contributed by atoms with van der Waals surface area (Å²) in [5, 5.41) is 3.06. The number of ether oxygens (including phenoxy) is 1. The van der Waals surface area contributed by atoms with E-state index in [-0.39, 0.29) is 23.6 Å². The molecule has 0 radical (unpaired) electrons. The lowest BCUT2D eigenvalue weighted by atomic mass is 9.92. The van der Waals surface area contributed by atoms with Crippen molar-refractivity contribution in [2.75, 3.05) is 0 Å². The zero-order valence-electron chi connectivity index (χ0n) is 14.6. The minimum atomic E-state index is -0.136. The summed E-state index contributed by atoms with van der Waals surface area (Å²) in [6.45, 7) is 1.94. The van der Waals surface area contributed by atoms with E-state index in [0.29, 0.717) is 5.56 Å². The second-order valence-electron chi connectivity index (χ2n) is 6.52. The monoisotopic (exact) mass is 341 g/mol. The van der Waals surface area contributed by atoms with E-state index in [0.717, 1.165) is 37.1 Å². The van der Waals surface area contributed by atoms with Gasteiger partial charge >= 0.3 is 0 Å². The summed E-state index contributed by atoms with van der Waals surface area (Å²) in [6.07, 6.45) is 7.03. The molecule has 3 rings (SSSR count). The number of carbonyl (C=O) groups excluding carboxylic acids is 1. The largest absolute Gasteiger partial charge is 0.489 e. The van der Waals surface area contributed by atoms with Gasteiger partial charge in [-0.25, -0.2) is 0 Å². The fraction of sp³-hybridized carbons (Fsp3) is 0.421. The molecule has 1 saturated carbocycles. The SMILES string of the molecule is Cc1ncccc1OC1CCC(NC(=O)c2ccc(=O)n(C)c2)CC1. The Kier molecular flexibility index (Phi) is 5.16. The third-order valence-corrected chi connectivity index (χ3v) is 4.61. The number of nitrogens with one attached hydrogen (secondary N) is 1. The van der Waals surface area contributed by atoms with Crippen LogP contribution in [-0.4, -0.2) is 27.6 Å². The van der Waals surface area contributed by atoms with Crippen LogP contribution in [0.2, 0.25) is 0 Å². The van der Waals surface area contributed by atoms with Gasteiger partial charge in [0.25, 0.3) is 5.91 Å². The number of aryl methyl sites for hydroxylation is 2. The molecule has 1 amide bonds. The fourth-order valence-corrected chi connectivity index (χ4v) is 3.10. The third kappa shape index (κ3) is 4.26. The first kappa shape index (κ1) is 17.2. The van der Waals surface area contributed by atoms with E-state index in [9.17, 15) is 9.59 Å². The molecule has 1 N–H and O–H groups in total. The maximum atomic E-state index is 12.3. The predicted molar refractivity (Wildman–Crippen MR) is 94.8 cm³/mol. The van der Waals surface area contributed by atoms with Crippen molar-refractivity contribution in [1.82, 2.24) is 14.9 Å². The molecule has 1 fully saturated rings. The molecule has 25 heavy (non-hydrogen) atoms. The molecule has 132 valence electrons. The number of hydrogen-bond donors (Lipinski definition) is 1. The maximum absolute atomic E-state index is 12.3. The Morgan fingerprint density at radius 1 is 1.24 bits per heavy atom. The Bertz CT molecular complexity index is 808. The van der Waals surface area contributed by atoms with Crippen LogP contribution in [0.4, 0.5) is 0 Å². The standard InChI is InChI=1S/C19H23N3O3/c1-13-17(4-3-11-20-13)25-16-8-6-15(7-9-16)21-19(24)14-5-10-18(23)22(2)12-14/h3-5,10-12,15-16H,6-9H2,1-2H3,(H,21,24). The van der Waals surface area contributed by atoms with E-state index in [4.69, 9.17) is 4.74 Å². The summed E-state index contributed by atoms with van der Waals surface area (Å²) in [5.41, 5.74) is 1.28. The number of carbonyl (C=O) groups is 1. The van der Waals surface area contributed by atoms with Crippen LogP contribution in [0, 0.1) is 6.92 Å². The van der Waals surface area contributed by atoms with Gasteiger partial charge < -0.3 is 14.6 Å². The molecular formula is C19H23N3O3. The number of pyridine rings is 2. The Labute approximate surface area is 146 Å². The molecule has 2 aromatic heterocycles. The van der Waals surface area contributed by atoms with E-state index in [2.05, 4.69) is 10.3 Å². The Balaban J connectivity index is 1.52. The second-order valence-corrected chi connectivity index (χ2v) is 6.52. The summed E-state index contributed by atoms with van der Waals surface area (Å²) in [7, 11) is 1.64. The van der Waals surface area contributed by atoms with Gasteiger partial charge in [0, 0.05) is 31.5 Å². The molecule has 6 heteroatoms. The summed E-state index contributed by atoms with van der Waals surface area (Å²) in [6, 6.07) is 6.93. The van der Waals surface area contributed by atoms with E-state index in [1.54, 1.807) is 25.5 Å². The van der Waals surface area contributed by atoms with Crippen LogP contribution in [0.3, 0.4) is 0 Å². The molecule has 0 spiro atoms. The molecule has 0 bridgehead atoms. The molecule has 2 heterocycles. The molecular weight excluding hydrogens is 318 g/mol. The van der Waals surface area contributed by atoms with Gasteiger partial charge in [-0.3, -0.25) is 14.6 Å². The van der Waals surface area contributed by atoms with Crippen LogP contribution in [0.5, 0.6) is 5.75 Å². The summed E-state index contributed by atoms with van der Waals surface area (Å²) < 4.78 is 7.45. The summed E-state index contributed by atoms with van der Waals surface area (Å²) >= 11 is 0. The zero-order valence-corrected chi connectivity index (χ0v) is 14.6. The molecule has 6 nitrogen and oxygen atoms in total. The van der Waals surface area contributed by atoms with E-state index < -0.39 is 0 Å². The average Bonchev–Trinajstić information content (AvgIpc) is 2.61. The molecule has 0 atom stereocenters. The van der Waals surface area contributed by atoms with Crippen molar-refractivity contribution in [2.45, 2.75) is 44.8 Å². The Morgan fingerprint density at radius 2 is 2.00 bits per heavy atom. The van der Waals surface area contributed by atoms with Gasteiger partial charge in [-0.1, -0.05) is 0 Å². The van der Waals surface area contributed by atoms with Crippen molar-refractivity contribution in [1.29, 1.82) is 0 Å². The minimum absolute atomic E-state index is 0.125. The molecule has 0 aromatic carbocycles. The van der Waals surface area contributed by atoms with Gasteiger partial charge in [-0.05, 0) is 50.8 Å². The highest BCUT2D eigenvalue weighted by molar-refractivity contribution is 5.94. The van der Waals surface area contributed by atoms with Gasteiger partial charge in [0.1, 0.15) is 5.75 Å². The van der Waals surface area contributed by atoms with Crippen molar-refractivity contribution in [3.63, 3.8) is 0 Å². The normalized spacial score (nSPS) is 20.1. The van der Waals surface area contributed by atoms with Gasteiger partial charge in [-0.2, -0.15) is 0 Å². The molecule has 0 saturated heterocycles. The van der Waals surface area contributed by atoms with Crippen LogP contribution in [0.1, 0.15) is 41.7 Å². The number of aromatic nitrogens is 2. The smallest absolute Gasteiger partial charge is 0.252 e. The zero-order chi connectivity index (χ0) is 17.8. The van der Waals surface area contributed by atoms with Crippen LogP contribution in [0.15, 0.2) is 41.5 Å². The molecule has 0 aliphatic heterocycles. The minimum Gasteiger partial charge on any atom is -0.489 e. The Hall–Kier alpha value is -2.63. The lowest BCUT2D eigenvalue weighted by Crippen LogP contribution is -2.40. The van der Waals surface area contributed by atoms with E-state index in [1.165, 1.54) is 10.6 Å². The first-order valence-electron chi connectivity index (χ1n) is 8.59. The molecule has 1 aliphatic rings. The highest BCUT2D eigenvalue weighted by Gasteiger charge is 2.24. The molecule has 1 aliphatic carbocycles. The van der Waals surface area contributed by atoms with Crippen molar-refractivity contribution < 1.29 is 9.53 Å². The first-order valence-corrected chi connectivity index (χ1v) is 8.59. The van der Waals surface area contributed by atoms with E-state index in [1.807, 2.05) is 19.1 Å². The highest BCUT2D eigenvalue weighted by atomic mass is 16.5. The van der Waals surface area contributed by atoms with Gasteiger partial charge in [0.2, 0.25) is 5.56 Å². The summed E-state index contributed by atoms with van der Waals surface area (Å²) in [4.78, 5) is 28.0. The quantitative estimate of drug-likeness (QED) is 0.925. The van der Waals surface area contributed by atoms with Crippen LogP contribution >= 0.6 is 0 Å². The average molecular weight is 341 g/mol.